The predicted octanol–water partition coefficient (Wildman–Crippen LogP) is 5.05. The standard InChI is InChI=1S/C22H17N3O2/c26-25(27)18-11-14-21-22(15-18)24-20(13-10-17-7-3-4-8-17)19(23-21)12-9-16-5-1-2-6-16/h1-17H/b12-9+,13-10+. The van der Waals surface area contributed by atoms with Gasteiger partial charge < -0.3 is 0 Å². The van der Waals surface area contributed by atoms with Crippen molar-refractivity contribution in [2.45, 2.75) is 0 Å². The van der Waals surface area contributed by atoms with Crippen LogP contribution in [0.2, 0.25) is 0 Å². The molecule has 0 atom stereocenters. The van der Waals surface area contributed by atoms with Gasteiger partial charge in [0, 0.05) is 24.0 Å². The van der Waals surface area contributed by atoms with Gasteiger partial charge >= 0.3 is 0 Å². The largest absolute Gasteiger partial charge is 0.271 e. The Balaban J connectivity index is 1.76. The van der Waals surface area contributed by atoms with Gasteiger partial charge in [-0.05, 0) is 18.2 Å². The lowest BCUT2D eigenvalue weighted by Crippen LogP contribution is -1.97. The van der Waals surface area contributed by atoms with Crippen molar-refractivity contribution in [2.75, 3.05) is 0 Å². The number of benzene rings is 1. The molecule has 0 radical (unpaired) electrons. The lowest BCUT2D eigenvalue weighted by atomic mass is 10.1. The fourth-order valence-electron chi connectivity index (χ4n) is 2.99. The number of nitro groups is 1. The van der Waals surface area contributed by atoms with E-state index in [0.29, 0.717) is 16.7 Å². The van der Waals surface area contributed by atoms with Gasteiger partial charge in [-0.1, -0.05) is 60.8 Å². The van der Waals surface area contributed by atoms with Gasteiger partial charge in [0.15, 0.2) is 0 Å². The fourth-order valence-corrected chi connectivity index (χ4v) is 2.99. The van der Waals surface area contributed by atoms with Gasteiger partial charge in [-0.2, -0.15) is 0 Å². The molecule has 5 nitrogen and oxygen atoms in total. The molecule has 0 N–H and O–H groups in total. The van der Waals surface area contributed by atoms with Crippen molar-refractivity contribution in [3.63, 3.8) is 0 Å². The molecule has 0 spiro atoms. The van der Waals surface area contributed by atoms with Crippen LogP contribution in [0.4, 0.5) is 5.69 Å². The van der Waals surface area contributed by atoms with Crippen LogP contribution >= 0.6 is 0 Å². The summed E-state index contributed by atoms with van der Waals surface area (Å²) in [6, 6.07) is 4.56. The Labute approximate surface area is 156 Å². The van der Waals surface area contributed by atoms with Gasteiger partial charge in [0.25, 0.3) is 5.69 Å². The number of fused-ring (bicyclic) bond motifs is 1. The van der Waals surface area contributed by atoms with E-state index < -0.39 is 4.92 Å². The van der Waals surface area contributed by atoms with Gasteiger partial charge in [0.05, 0.1) is 27.3 Å². The Morgan fingerprint density at radius 2 is 1.33 bits per heavy atom. The normalized spacial score (nSPS) is 16.7. The maximum Gasteiger partial charge on any atom is 0.271 e. The van der Waals surface area contributed by atoms with Gasteiger partial charge in [0.2, 0.25) is 0 Å². The second-order valence-corrected chi connectivity index (χ2v) is 6.34. The first-order valence-electron chi connectivity index (χ1n) is 8.72. The molecular formula is C22H17N3O2. The van der Waals surface area contributed by atoms with Crippen LogP contribution in [-0.4, -0.2) is 14.9 Å². The molecule has 2 aliphatic rings. The van der Waals surface area contributed by atoms with Crippen molar-refractivity contribution >= 4 is 28.9 Å². The van der Waals surface area contributed by atoms with Crippen molar-refractivity contribution in [3.8, 4) is 0 Å². The monoisotopic (exact) mass is 355 g/mol. The summed E-state index contributed by atoms with van der Waals surface area (Å²) in [5.41, 5.74) is 2.60. The summed E-state index contributed by atoms with van der Waals surface area (Å²) < 4.78 is 0. The highest BCUT2D eigenvalue weighted by Gasteiger charge is 2.11. The van der Waals surface area contributed by atoms with E-state index in [9.17, 15) is 10.1 Å². The number of rotatable bonds is 5. The predicted molar refractivity (Wildman–Crippen MR) is 108 cm³/mol. The molecule has 2 aromatic rings. The molecule has 132 valence electrons. The van der Waals surface area contributed by atoms with E-state index in [2.05, 4.69) is 40.3 Å². The molecule has 0 amide bonds. The average Bonchev–Trinajstić information content (AvgIpc) is 3.37. The van der Waals surface area contributed by atoms with Crippen LogP contribution in [0.3, 0.4) is 0 Å². The topological polar surface area (TPSA) is 68.9 Å². The van der Waals surface area contributed by atoms with Gasteiger partial charge in [0.1, 0.15) is 0 Å². The Bertz CT molecular complexity index is 1050. The zero-order chi connectivity index (χ0) is 18.6. The number of aromatic nitrogens is 2. The molecule has 0 bridgehead atoms. The minimum absolute atomic E-state index is 0.0120. The molecule has 1 aromatic heterocycles. The summed E-state index contributed by atoms with van der Waals surface area (Å²) >= 11 is 0. The first-order valence-corrected chi connectivity index (χ1v) is 8.72. The van der Waals surface area contributed by atoms with E-state index in [1.54, 1.807) is 6.07 Å². The quantitative estimate of drug-likeness (QED) is 0.556. The number of allylic oxidation sites excluding steroid dienone is 10. The highest BCUT2D eigenvalue weighted by Crippen LogP contribution is 2.22. The number of nitro benzene ring substituents is 1. The highest BCUT2D eigenvalue weighted by atomic mass is 16.6. The molecule has 0 aliphatic heterocycles. The summed E-state index contributed by atoms with van der Waals surface area (Å²) in [6.07, 6.45) is 24.4. The molecule has 1 aromatic carbocycles. The van der Waals surface area contributed by atoms with Crippen LogP contribution in [0.1, 0.15) is 11.4 Å². The zero-order valence-electron chi connectivity index (χ0n) is 14.5. The molecule has 0 saturated heterocycles. The average molecular weight is 355 g/mol. The Kier molecular flexibility index (Phi) is 4.58. The number of nitrogens with zero attached hydrogens (tertiary/aromatic N) is 3. The third kappa shape index (κ3) is 3.82. The van der Waals surface area contributed by atoms with Crippen molar-refractivity contribution in [3.05, 3.63) is 100 Å². The fraction of sp³-hybridized carbons (Fsp3) is 0.0909. The first-order chi connectivity index (χ1) is 13.2. The molecule has 4 rings (SSSR count). The number of hydrogen-bond donors (Lipinski definition) is 0. The second kappa shape index (κ2) is 7.33. The van der Waals surface area contributed by atoms with Gasteiger partial charge in [-0.3, -0.25) is 10.1 Å². The summed E-state index contributed by atoms with van der Waals surface area (Å²) in [5, 5.41) is 11.0. The van der Waals surface area contributed by atoms with E-state index >= 15 is 0 Å². The lowest BCUT2D eigenvalue weighted by molar-refractivity contribution is -0.384. The van der Waals surface area contributed by atoms with Gasteiger partial charge in [-0.15, -0.1) is 0 Å². The highest BCUT2D eigenvalue weighted by molar-refractivity contribution is 5.80. The summed E-state index contributed by atoms with van der Waals surface area (Å²) in [5.74, 6) is 0.474. The summed E-state index contributed by atoms with van der Waals surface area (Å²) in [4.78, 5) is 19.9. The molecule has 5 heteroatoms. The maximum atomic E-state index is 11.0. The lowest BCUT2D eigenvalue weighted by Gasteiger charge is -2.05. The third-order valence-electron chi connectivity index (χ3n) is 4.42. The minimum Gasteiger partial charge on any atom is -0.258 e. The van der Waals surface area contributed by atoms with Crippen LogP contribution in [0.5, 0.6) is 0 Å². The molecule has 1 heterocycles. The third-order valence-corrected chi connectivity index (χ3v) is 4.42. The minimum atomic E-state index is -0.419. The number of non-ortho nitro benzene ring substituents is 1. The van der Waals surface area contributed by atoms with E-state index in [4.69, 9.17) is 0 Å². The maximum absolute atomic E-state index is 11.0. The smallest absolute Gasteiger partial charge is 0.258 e. The zero-order valence-corrected chi connectivity index (χ0v) is 14.5. The Morgan fingerprint density at radius 1 is 0.815 bits per heavy atom. The second-order valence-electron chi connectivity index (χ2n) is 6.34. The molecule has 2 aliphatic carbocycles. The molecule has 0 saturated carbocycles. The SMILES string of the molecule is O=[N+]([O-])c1ccc2nc(/C=C/C3C=CC=C3)c(/C=C/C3C=CC=C3)nc2c1. The Hall–Kier alpha value is -3.60. The van der Waals surface area contributed by atoms with E-state index in [0.717, 1.165) is 5.69 Å². The molecule has 0 unspecified atom stereocenters. The van der Waals surface area contributed by atoms with Crippen molar-refractivity contribution in [1.29, 1.82) is 0 Å². The summed E-state index contributed by atoms with van der Waals surface area (Å²) in [7, 11) is 0. The van der Waals surface area contributed by atoms with E-state index in [1.165, 1.54) is 12.1 Å². The summed E-state index contributed by atoms with van der Waals surface area (Å²) in [6.45, 7) is 0. The molecule has 0 fully saturated rings. The van der Waals surface area contributed by atoms with Crippen LogP contribution in [-0.2, 0) is 0 Å². The van der Waals surface area contributed by atoms with Crippen LogP contribution in [0.15, 0.2) is 79.0 Å². The van der Waals surface area contributed by atoms with Gasteiger partial charge in [-0.25, -0.2) is 9.97 Å². The first kappa shape index (κ1) is 16.8. The van der Waals surface area contributed by atoms with E-state index in [-0.39, 0.29) is 17.5 Å². The van der Waals surface area contributed by atoms with E-state index in [1.807, 2.05) is 42.5 Å². The molecular weight excluding hydrogens is 338 g/mol. The van der Waals surface area contributed by atoms with Crippen molar-refractivity contribution in [2.24, 2.45) is 11.8 Å². The Morgan fingerprint density at radius 3 is 1.85 bits per heavy atom. The van der Waals surface area contributed by atoms with Crippen LogP contribution in [0.25, 0.3) is 23.2 Å². The van der Waals surface area contributed by atoms with Crippen LogP contribution in [0, 0.1) is 22.0 Å². The van der Waals surface area contributed by atoms with Crippen LogP contribution < -0.4 is 0 Å². The molecule has 27 heavy (non-hydrogen) atoms. The van der Waals surface area contributed by atoms with Crippen molar-refractivity contribution < 1.29 is 4.92 Å². The van der Waals surface area contributed by atoms with Crippen molar-refractivity contribution in [1.82, 2.24) is 9.97 Å². The number of hydrogen-bond acceptors (Lipinski definition) is 4.